The summed E-state index contributed by atoms with van der Waals surface area (Å²) in [6.45, 7) is 3.71. The molecule has 0 saturated carbocycles. The second-order valence-electron chi connectivity index (χ2n) is 9.26. The molecule has 1 amide bonds. The lowest BCUT2D eigenvalue weighted by Gasteiger charge is -2.32. The number of aryl methyl sites for hydroxylation is 1. The minimum Gasteiger partial charge on any atom is -0.493 e. The van der Waals surface area contributed by atoms with Crippen molar-refractivity contribution in [3.63, 3.8) is 0 Å². The van der Waals surface area contributed by atoms with Crippen LogP contribution in [0.15, 0.2) is 41.1 Å². The summed E-state index contributed by atoms with van der Waals surface area (Å²) in [7, 11) is 2.06. The normalized spacial score (nSPS) is 18.0. The Balaban J connectivity index is 1.11. The fourth-order valence-corrected chi connectivity index (χ4v) is 4.90. The van der Waals surface area contributed by atoms with Gasteiger partial charge in [0.2, 0.25) is 0 Å². The highest BCUT2D eigenvalue weighted by Gasteiger charge is 2.30. The van der Waals surface area contributed by atoms with Crippen LogP contribution in [0.1, 0.15) is 52.3 Å². The molecule has 1 aliphatic heterocycles. The summed E-state index contributed by atoms with van der Waals surface area (Å²) >= 11 is 0. The quantitative estimate of drug-likeness (QED) is 0.567. The third-order valence-corrected chi connectivity index (χ3v) is 6.60. The van der Waals surface area contributed by atoms with E-state index < -0.39 is 0 Å². The molecule has 5 rings (SSSR count). The Bertz CT molecular complexity index is 1060. The molecule has 1 atom stereocenters. The Morgan fingerprint density at radius 1 is 1.21 bits per heavy atom. The highest BCUT2D eigenvalue weighted by molar-refractivity contribution is 5.94. The van der Waals surface area contributed by atoms with Gasteiger partial charge < -0.3 is 14.2 Å². The Morgan fingerprint density at radius 3 is 2.91 bits per heavy atom. The Hall–Kier alpha value is -3.13. The first kappa shape index (κ1) is 21.7. The number of piperidine rings is 1. The smallest absolute Gasteiger partial charge is 0.274 e. The Labute approximate surface area is 193 Å². The van der Waals surface area contributed by atoms with Gasteiger partial charge in [-0.25, -0.2) is 0 Å². The number of nitrogens with one attached hydrogen (secondary N) is 1. The van der Waals surface area contributed by atoms with Crippen molar-refractivity contribution in [2.45, 2.75) is 45.2 Å². The number of aromatic amines is 1. The van der Waals surface area contributed by atoms with Gasteiger partial charge in [0.05, 0.1) is 12.3 Å². The van der Waals surface area contributed by atoms with Crippen molar-refractivity contribution in [2.75, 3.05) is 26.7 Å². The zero-order valence-corrected chi connectivity index (χ0v) is 19.1. The maximum atomic E-state index is 13.1. The number of amides is 1. The van der Waals surface area contributed by atoms with Gasteiger partial charge in [0.1, 0.15) is 12.0 Å². The number of rotatable bonds is 8. The zero-order valence-electron chi connectivity index (χ0n) is 19.1. The van der Waals surface area contributed by atoms with Gasteiger partial charge in [0.25, 0.3) is 5.91 Å². The first-order valence-electron chi connectivity index (χ1n) is 11.8. The summed E-state index contributed by atoms with van der Waals surface area (Å²) in [5.41, 5.74) is 5.05. The molecular formula is C25H31N5O3. The minimum atomic E-state index is 0.0678. The maximum Gasteiger partial charge on any atom is 0.274 e. The van der Waals surface area contributed by atoms with Crippen LogP contribution in [-0.4, -0.2) is 57.8 Å². The van der Waals surface area contributed by atoms with Crippen molar-refractivity contribution in [3.05, 3.63) is 64.8 Å². The summed E-state index contributed by atoms with van der Waals surface area (Å²) in [6, 6.07) is 10.1. The predicted octanol–water partition coefficient (Wildman–Crippen LogP) is 3.45. The lowest BCUT2D eigenvalue weighted by molar-refractivity contribution is 0.0626. The Morgan fingerprint density at radius 2 is 2.09 bits per heavy atom. The fraction of sp³-hybridized carbons (Fsp3) is 0.480. The third kappa shape index (κ3) is 5.11. The van der Waals surface area contributed by atoms with E-state index in [1.165, 1.54) is 5.56 Å². The van der Waals surface area contributed by atoms with Crippen LogP contribution in [0.25, 0.3) is 0 Å². The average molecular weight is 450 g/mol. The highest BCUT2D eigenvalue weighted by Crippen LogP contribution is 2.26. The number of ether oxygens (including phenoxy) is 1. The lowest BCUT2D eigenvalue weighted by Crippen LogP contribution is -2.42. The van der Waals surface area contributed by atoms with Crippen molar-refractivity contribution in [3.8, 4) is 5.75 Å². The van der Waals surface area contributed by atoms with Crippen molar-refractivity contribution in [1.82, 2.24) is 25.2 Å². The molecule has 174 valence electrons. The van der Waals surface area contributed by atoms with E-state index in [4.69, 9.17) is 9.26 Å². The van der Waals surface area contributed by atoms with E-state index in [1.54, 1.807) is 6.26 Å². The second-order valence-corrected chi connectivity index (χ2v) is 9.26. The molecule has 8 nitrogen and oxygen atoms in total. The molecule has 1 fully saturated rings. The van der Waals surface area contributed by atoms with Crippen LogP contribution in [0, 0.1) is 5.92 Å². The molecule has 8 heteroatoms. The van der Waals surface area contributed by atoms with Crippen LogP contribution in [0.2, 0.25) is 0 Å². The standard InChI is InChI=1S/C25H31N5O3/c1-29(16-20-11-13-33-28-20)14-18-7-9-21(10-8-18)32-17-19-4-3-12-30(15-19)25(31)24-22-5-2-6-23(22)26-27-24/h7-11,13,19H,2-6,12,14-17H2,1H3,(H,26,27). The topological polar surface area (TPSA) is 87.5 Å². The number of likely N-dealkylation sites (tertiary alicyclic amines) is 1. The molecule has 2 aromatic heterocycles. The molecule has 1 aliphatic carbocycles. The molecule has 33 heavy (non-hydrogen) atoms. The first-order chi connectivity index (χ1) is 16.2. The molecule has 1 aromatic carbocycles. The minimum absolute atomic E-state index is 0.0678. The summed E-state index contributed by atoms with van der Waals surface area (Å²) in [6.07, 6.45) is 6.75. The third-order valence-electron chi connectivity index (χ3n) is 6.60. The monoisotopic (exact) mass is 449 g/mol. The molecule has 3 aromatic rings. The largest absolute Gasteiger partial charge is 0.493 e. The number of fused-ring (bicyclic) bond motifs is 1. The molecule has 2 aliphatic rings. The molecule has 1 N–H and O–H groups in total. The van der Waals surface area contributed by atoms with Gasteiger partial charge in [-0.15, -0.1) is 0 Å². The fourth-order valence-electron chi connectivity index (χ4n) is 4.90. The predicted molar refractivity (Wildman–Crippen MR) is 123 cm³/mol. The number of nitrogens with zero attached hydrogens (tertiary/aromatic N) is 4. The average Bonchev–Trinajstić information content (AvgIpc) is 3.57. The maximum absolute atomic E-state index is 13.1. The summed E-state index contributed by atoms with van der Waals surface area (Å²) in [4.78, 5) is 17.2. The number of aromatic nitrogens is 3. The second kappa shape index (κ2) is 9.79. The molecule has 1 saturated heterocycles. The van der Waals surface area contributed by atoms with Crippen molar-refractivity contribution in [1.29, 1.82) is 0 Å². The van der Waals surface area contributed by atoms with Crippen LogP contribution in [0.3, 0.4) is 0 Å². The summed E-state index contributed by atoms with van der Waals surface area (Å²) in [5, 5.41) is 11.3. The number of H-pyrrole nitrogens is 1. The van der Waals surface area contributed by atoms with Crippen molar-refractivity contribution in [2.24, 2.45) is 5.92 Å². The van der Waals surface area contributed by atoms with E-state index >= 15 is 0 Å². The van der Waals surface area contributed by atoms with E-state index in [2.05, 4.69) is 39.4 Å². The molecular weight excluding hydrogens is 418 g/mol. The van der Waals surface area contributed by atoms with Gasteiger partial charge in [-0.1, -0.05) is 17.3 Å². The van der Waals surface area contributed by atoms with Gasteiger partial charge in [0.15, 0.2) is 5.69 Å². The van der Waals surface area contributed by atoms with E-state index in [0.717, 1.165) is 81.0 Å². The number of benzene rings is 1. The SMILES string of the molecule is CN(Cc1ccc(OCC2CCCN(C(=O)c3n[nH]c4c3CCC4)C2)cc1)Cc1ccon1. The molecule has 1 unspecified atom stereocenters. The zero-order chi connectivity index (χ0) is 22.6. The summed E-state index contributed by atoms with van der Waals surface area (Å²) < 4.78 is 11.0. The van der Waals surface area contributed by atoms with E-state index in [9.17, 15) is 4.79 Å². The lowest BCUT2D eigenvalue weighted by atomic mass is 9.98. The van der Waals surface area contributed by atoms with Crippen molar-refractivity contribution >= 4 is 5.91 Å². The molecule has 0 spiro atoms. The summed E-state index contributed by atoms with van der Waals surface area (Å²) in [5.74, 6) is 1.27. The van der Waals surface area contributed by atoms with Crippen molar-refractivity contribution < 1.29 is 14.1 Å². The van der Waals surface area contributed by atoms with Gasteiger partial charge in [-0.2, -0.15) is 5.10 Å². The number of carbonyl (C=O) groups is 1. The number of hydrogen-bond acceptors (Lipinski definition) is 6. The van der Waals surface area contributed by atoms with Crippen LogP contribution in [0.5, 0.6) is 5.75 Å². The Kier molecular flexibility index (Phi) is 6.44. The van der Waals surface area contributed by atoms with Crippen LogP contribution >= 0.6 is 0 Å². The van der Waals surface area contributed by atoms with Crippen LogP contribution in [0.4, 0.5) is 0 Å². The van der Waals surface area contributed by atoms with E-state index in [1.807, 2.05) is 23.1 Å². The van der Waals surface area contributed by atoms with Gasteiger partial charge in [-0.3, -0.25) is 14.8 Å². The molecule has 3 heterocycles. The van der Waals surface area contributed by atoms with Gasteiger partial charge in [0, 0.05) is 49.4 Å². The molecule has 0 bridgehead atoms. The van der Waals surface area contributed by atoms with Crippen LogP contribution in [-0.2, 0) is 25.9 Å². The van der Waals surface area contributed by atoms with Crippen LogP contribution < -0.4 is 4.74 Å². The number of hydrogen-bond donors (Lipinski definition) is 1. The van der Waals surface area contributed by atoms with E-state index in [0.29, 0.717) is 18.2 Å². The number of carbonyl (C=O) groups excluding carboxylic acids is 1. The molecule has 0 radical (unpaired) electrons. The highest BCUT2D eigenvalue weighted by atomic mass is 16.5. The van der Waals surface area contributed by atoms with E-state index in [-0.39, 0.29) is 5.91 Å². The van der Waals surface area contributed by atoms with Gasteiger partial charge in [-0.05, 0) is 56.8 Å². The first-order valence-corrected chi connectivity index (χ1v) is 11.8. The van der Waals surface area contributed by atoms with Gasteiger partial charge >= 0.3 is 0 Å².